The monoisotopic (exact) mass is 289 g/mol. The van der Waals surface area contributed by atoms with Gasteiger partial charge in [0.25, 0.3) is 0 Å². The molecule has 2 N–H and O–H groups in total. The molecule has 0 saturated carbocycles. The molecule has 3 nitrogen and oxygen atoms in total. The Morgan fingerprint density at radius 2 is 1.85 bits per heavy atom. The van der Waals surface area contributed by atoms with Crippen LogP contribution in [0.25, 0.3) is 0 Å². The van der Waals surface area contributed by atoms with Gasteiger partial charge in [-0.05, 0) is 36.2 Å². The fourth-order valence-corrected chi connectivity index (χ4v) is 2.14. The fourth-order valence-electron chi connectivity index (χ4n) is 2.02. The molecule has 2 rings (SSSR count). The number of halogens is 1. The topological polar surface area (TPSA) is 49.3 Å². The summed E-state index contributed by atoms with van der Waals surface area (Å²) >= 11 is 5.86. The Morgan fingerprint density at radius 3 is 2.50 bits per heavy atom. The molecule has 0 radical (unpaired) electrons. The minimum Gasteiger partial charge on any atom is -0.478 e. The minimum absolute atomic E-state index is 0.120. The summed E-state index contributed by atoms with van der Waals surface area (Å²) in [5.74, 6) is -0.901. The Morgan fingerprint density at radius 1 is 1.20 bits per heavy atom. The summed E-state index contributed by atoms with van der Waals surface area (Å²) < 4.78 is 0. The highest BCUT2D eigenvalue weighted by atomic mass is 35.5. The first-order valence-corrected chi connectivity index (χ1v) is 6.76. The summed E-state index contributed by atoms with van der Waals surface area (Å²) in [5, 5.41) is 13.2. The van der Waals surface area contributed by atoms with E-state index in [1.165, 1.54) is 0 Å². The molecule has 0 amide bonds. The largest absolute Gasteiger partial charge is 0.478 e. The average Bonchev–Trinajstić information content (AvgIpc) is 2.45. The molecule has 0 aromatic heterocycles. The maximum Gasteiger partial charge on any atom is 0.336 e. The SMILES string of the molecule is CC(NCc1ccccc1C(=O)O)c1ccc(Cl)cc1. The number of hydrogen-bond acceptors (Lipinski definition) is 2. The fraction of sp³-hybridized carbons (Fsp3) is 0.188. The van der Waals surface area contributed by atoms with E-state index in [0.717, 1.165) is 11.1 Å². The Labute approximate surface area is 123 Å². The van der Waals surface area contributed by atoms with Crippen molar-refractivity contribution >= 4 is 17.6 Å². The molecule has 2 aromatic carbocycles. The summed E-state index contributed by atoms with van der Waals surface area (Å²) in [6.07, 6.45) is 0. The Balaban J connectivity index is 2.05. The van der Waals surface area contributed by atoms with Crippen molar-refractivity contribution in [2.24, 2.45) is 0 Å². The van der Waals surface area contributed by atoms with Gasteiger partial charge < -0.3 is 10.4 Å². The number of rotatable bonds is 5. The lowest BCUT2D eigenvalue weighted by atomic mass is 10.1. The van der Waals surface area contributed by atoms with E-state index in [-0.39, 0.29) is 6.04 Å². The number of benzene rings is 2. The van der Waals surface area contributed by atoms with Crippen LogP contribution in [0.4, 0.5) is 0 Å². The summed E-state index contributed by atoms with van der Waals surface area (Å²) in [5.41, 5.74) is 2.23. The van der Waals surface area contributed by atoms with E-state index >= 15 is 0 Å². The second-order valence-corrected chi connectivity index (χ2v) is 5.05. The van der Waals surface area contributed by atoms with Gasteiger partial charge in [0.15, 0.2) is 0 Å². The van der Waals surface area contributed by atoms with E-state index in [4.69, 9.17) is 16.7 Å². The van der Waals surface area contributed by atoms with E-state index in [2.05, 4.69) is 5.32 Å². The van der Waals surface area contributed by atoms with Crippen LogP contribution < -0.4 is 5.32 Å². The third-order valence-electron chi connectivity index (χ3n) is 3.22. The number of carboxylic acid groups (broad SMARTS) is 1. The first-order valence-electron chi connectivity index (χ1n) is 6.38. The van der Waals surface area contributed by atoms with Crippen molar-refractivity contribution in [3.8, 4) is 0 Å². The van der Waals surface area contributed by atoms with Crippen molar-refractivity contribution in [2.75, 3.05) is 0 Å². The number of nitrogens with one attached hydrogen (secondary N) is 1. The van der Waals surface area contributed by atoms with Crippen LogP contribution in [-0.4, -0.2) is 11.1 Å². The molecular formula is C16H16ClNO2. The highest BCUT2D eigenvalue weighted by Crippen LogP contribution is 2.17. The maximum absolute atomic E-state index is 11.1. The minimum atomic E-state index is -0.901. The van der Waals surface area contributed by atoms with Gasteiger partial charge in [0, 0.05) is 17.6 Å². The second-order valence-electron chi connectivity index (χ2n) is 4.62. The van der Waals surface area contributed by atoms with Gasteiger partial charge in [-0.3, -0.25) is 0 Å². The molecule has 2 aromatic rings. The zero-order valence-electron chi connectivity index (χ0n) is 11.1. The normalized spacial score (nSPS) is 12.1. The molecule has 0 heterocycles. The first-order chi connectivity index (χ1) is 9.58. The van der Waals surface area contributed by atoms with Gasteiger partial charge in [-0.15, -0.1) is 0 Å². The Hall–Kier alpha value is -1.84. The van der Waals surface area contributed by atoms with E-state index in [1.54, 1.807) is 12.1 Å². The van der Waals surface area contributed by atoms with Crippen LogP contribution in [0.2, 0.25) is 5.02 Å². The van der Waals surface area contributed by atoms with Gasteiger partial charge in [0.2, 0.25) is 0 Å². The third-order valence-corrected chi connectivity index (χ3v) is 3.47. The van der Waals surface area contributed by atoms with Crippen LogP contribution in [0.15, 0.2) is 48.5 Å². The molecule has 0 saturated heterocycles. The highest BCUT2D eigenvalue weighted by molar-refractivity contribution is 6.30. The second kappa shape index (κ2) is 6.55. The molecule has 0 aliphatic rings. The Kier molecular flexibility index (Phi) is 4.77. The zero-order valence-corrected chi connectivity index (χ0v) is 11.9. The number of aromatic carboxylic acids is 1. The van der Waals surface area contributed by atoms with Crippen LogP contribution in [0.3, 0.4) is 0 Å². The van der Waals surface area contributed by atoms with Crippen molar-refractivity contribution < 1.29 is 9.90 Å². The molecule has 1 unspecified atom stereocenters. The van der Waals surface area contributed by atoms with Crippen molar-refractivity contribution in [2.45, 2.75) is 19.5 Å². The zero-order chi connectivity index (χ0) is 14.5. The van der Waals surface area contributed by atoms with Crippen LogP contribution in [0.5, 0.6) is 0 Å². The quantitative estimate of drug-likeness (QED) is 0.878. The first kappa shape index (κ1) is 14.6. The van der Waals surface area contributed by atoms with Crippen LogP contribution in [-0.2, 0) is 6.54 Å². The van der Waals surface area contributed by atoms with Gasteiger partial charge in [0.1, 0.15) is 0 Å². The summed E-state index contributed by atoms with van der Waals surface area (Å²) in [6.45, 7) is 2.54. The summed E-state index contributed by atoms with van der Waals surface area (Å²) in [7, 11) is 0. The molecule has 0 bridgehead atoms. The van der Waals surface area contributed by atoms with Crippen molar-refractivity contribution in [1.82, 2.24) is 5.32 Å². The lowest BCUT2D eigenvalue weighted by Gasteiger charge is -2.15. The maximum atomic E-state index is 11.1. The molecule has 0 spiro atoms. The van der Waals surface area contributed by atoms with Crippen LogP contribution >= 0.6 is 11.6 Å². The van der Waals surface area contributed by atoms with Gasteiger partial charge in [0.05, 0.1) is 5.56 Å². The highest BCUT2D eigenvalue weighted by Gasteiger charge is 2.10. The molecule has 104 valence electrons. The van der Waals surface area contributed by atoms with Gasteiger partial charge >= 0.3 is 5.97 Å². The molecule has 4 heteroatoms. The lowest BCUT2D eigenvalue weighted by molar-refractivity contribution is 0.0695. The average molecular weight is 290 g/mol. The molecule has 0 aliphatic heterocycles. The molecule has 20 heavy (non-hydrogen) atoms. The number of carbonyl (C=O) groups is 1. The van der Waals surface area contributed by atoms with Gasteiger partial charge in [-0.1, -0.05) is 41.9 Å². The number of carboxylic acids is 1. The molecule has 1 atom stereocenters. The standard InChI is InChI=1S/C16H16ClNO2/c1-11(12-6-8-14(17)9-7-12)18-10-13-4-2-3-5-15(13)16(19)20/h2-9,11,18H,10H2,1H3,(H,19,20). The van der Waals surface area contributed by atoms with Crippen molar-refractivity contribution in [1.29, 1.82) is 0 Å². The van der Waals surface area contributed by atoms with E-state index < -0.39 is 5.97 Å². The van der Waals surface area contributed by atoms with Crippen LogP contribution in [0.1, 0.15) is 34.5 Å². The smallest absolute Gasteiger partial charge is 0.336 e. The summed E-state index contributed by atoms with van der Waals surface area (Å²) in [6, 6.07) is 14.8. The van der Waals surface area contributed by atoms with Gasteiger partial charge in [-0.2, -0.15) is 0 Å². The molecule has 0 aliphatic carbocycles. The van der Waals surface area contributed by atoms with Crippen molar-refractivity contribution in [3.63, 3.8) is 0 Å². The Bertz CT molecular complexity index is 596. The van der Waals surface area contributed by atoms with E-state index in [0.29, 0.717) is 17.1 Å². The third kappa shape index (κ3) is 3.59. The lowest BCUT2D eigenvalue weighted by Crippen LogP contribution is -2.19. The molecule has 0 fully saturated rings. The predicted molar refractivity (Wildman–Crippen MR) is 80.1 cm³/mol. The van der Waals surface area contributed by atoms with Crippen LogP contribution in [0, 0.1) is 0 Å². The van der Waals surface area contributed by atoms with Crippen molar-refractivity contribution in [3.05, 3.63) is 70.2 Å². The van der Waals surface area contributed by atoms with E-state index in [1.807, 2.05) is 43.3 Å². The van der Waals surface area contributed by atoms with Gasteiger partial charge in [-0.25, -0.2) is 4.79 Å². The number of hydrogen-bond donors (Lipinski definition) is 2. The van der Waals surface area contributed by atoms with E-state index in [9.17, 15) is 4.79 Å². The molecular weight excluding hydrogens is 274 g/mol. The summed E-state index contributed by atoms with van der Waals surface area (Å²) in [4.78, 5) is 11.1. The predicted octanol–water partition coefficient (Wildman–Crippen LogP) is 3.89.